The van der Waals surface area contributed by atoms with Crippen molar-refractivity contribution < 1.29 is 9.53 Å². The van der Waals surface area contributed by atoms with E-state index in [9.17, 15) is 9.59 Å². The lowest BCUT2D eigenvalue weighted by Gasteiger charge is -2.18. The van der Waals surface area contributed by atoms with Gasteiger partial charge in [0.05, 0.1) is 30.1 Å². The van der Waals surface area contributed by atoms with Crippen LogP contribution in [-0.2, 0) is 9.53 Å². The molecule has 0 radical (unpaired) electrons. The first-order chi connectivity index (χ1) is 15.9. The summed E-state index contributed by atoms with van der Waals surface area (Å²) >= 11 is 0. The van der Waals surface area contributed by atoms with E-state index >= 15 is 0 Å². The van der Waals surface area contributed by atoms with Gasteiger partial charge in [-0.2, -0.15) is 0 Å². The molecule has 0 bridgehead atoms. The van der Waals surface area contributed by atoms with Crippen molar-refractivity contribution in [1.29, 1.82) is 0 Å². The van der Waals surface area contributed by atoms with Gasteiger partial charge in [0.1, 0.15) is 0 Å². The number of imidazole rings is 1. The summed E-state index contributed by atoms with van der Waals surface area (Å²) in [5.41, 5.74) is 11.4. The van der Waals surface area contributed by atoms with Crippen LogP contribution < -0.4 is 11.4 Å². The molecule has 3 N–H and O–H groups in total. The molecule has 2 aromatic carbocycles. The number of esters is 1. The van der Waals surface area contributed by atoms with Crippen molar-refractivity contribution in [1.82, 2.24) is 14.1 Å². The van der Waals surface area contributed by atoms with Gasteiger partial charge in [-0.3, -0.25) is 13.9 Å². The van der Waals surface area contributed by atoms with E-state index in [-0.39, 0.29) is 30.2 Å². The van der Waals surface area contributed by atoms with Gasteiger partial charge in [-0.1, -0.05) is 25.5 Å². The second-order valence-corrected chi connectivity index (χ2v) is 8.64. The molecule has 33 heavy (non-hydrogen) atoms. The van der Waals surface area contributed by atoms with Gasteiger partial charge in [-0.15, -0.1) is 0 Å². The zero-order chi connectivity index (χ0) is 23.7. The largest absolute Gasteiger partial charge is 0.466 e. The minimum absolute atomic E-state index is 0.145. The Bertz CT molecular complexity index is 1360. The second kappa shape index (κ2) is 9.17. The number of nitrogens with zero attached hydrogens (tertiary/aromatic N) is 2. The maximum atomic E-state index is 13.9. The monoisotopic (exact) mass is 448 g/mol. The third-order valence-electron chi connectivity index (χ3n) is 6.41. The molecule has 174 valence electrons. The average Bonchev–Trinajstić information content (AvgIpc) is 3.32. The summed E-state index contributed by atoms with van der Waals surface area (Å²) in [4.78, 5) is 29.6. The molecular weight excluding hydrogens is 416 g/mol. The van der Waals surface area contributed by atoms with Gasteiger partial charge in [-0.05, 0) is 57.0 Å². The number of hydrogen-bond acceptors (Lipinski definition) is 4. The summed E-state index contributed by atoms with van der Waals surface area (Å²) in [7, 11) is 0. The highest BCUT2D eigenvalue weighted by Gasteiger charge is 2.26. The molecule has 2 unspecified atom stereocenters. The molecule has 2 aromatic heterocycles. The Labute approximate surface area is 193 Å². The minimum Gasteiger partial charge on any atom is -0.466 e. The molecule has 0 fully saturated rings. The number of H-pyrrole nitrogens is 1. The number of aromatic amines is 1. The summed E-state index contributed by atoms with van der Waals surface area (Å²) in [6.45, 7) is 8.27. The van der Waals surface area contributed by atoms with E-state index in [2.05, 4.69) is 24.9 Å². The molecule has 0 saturated heterocycles. The summed E-state index contributed by atoms with van der Waals surface area (Å²) in [6.07, 6.45) is 3.68. The fourth-order valence-corrected chi connectivity index (χ4v) is 4.92. The van der Waals surface area contributed by atoms with Crippen molar-refractivity contribution in [2.24, 2.45) is 0 Å². The van der Waals surface area contributed by atoms with Crippen molar-refractivity contribution >= 4 is 33.6 Å². The molecule has 0 aliphatic rings. The molecule has 0 saturated carbocycles. The van der Waals surface area contributed by atoms with E-state index in [0.717, 1.165) is 39.5 Å². The number of benzene rings is 2. The molecule has 7 nitrogen and oxygen atoms in total. The van der Waals surface area contributed by atoms with Crippen LogP contribution in [0, 0.1) is 6.92 Å². The minimum atomic E-state index is -0.292. The predicted molar refractivity (Wildman–Crippen MR) is 133 cm³/mol. The van der Waals surface area contributed by atoms with Crippen molar-refractivity contribution in [2.45, 2.75) is 59.0 Å². The van der Waals surface area contributed by atoms with Crippen molar-refractivity contribution in [3.63, 3.8) is 0 Å². The predicted octanol–water partition coefficient (Wildman–Crippen LogP) is 5.08. The van der Waals surface area contributed by atoms with Gasteiger partial charge in [0.2, 0.25) is 0 Å². The Morgan fingerprint density at radius 2 is 1.94 bits per heavy atom. The topological polar surface area (TPSA) is 95.0 Å². The fourth-order valence-electron chi connectivity index (χ4n) is 4.92. The number of aryl methyl sites for hydroxylation is 1. The Hall–Kier alpha value is -3.48. The Balaban J connectivity index is 1.92. The Morgan fingerprint density at radius 1 is 1.15 bits per heavy atom. The molecule has 2 heterocycles. The van der Waals surface area contributed by atoms with E-state index in [0.29, 0.717) is 18.7 Å². The summed E-state index contributed by atoms with van der Waals surface area (Å²) < 4.78 is 8.76. The number of carbonyl (C=O) groups excluding carboxylic acids is 1. The number of carbonyl (C=O) groups is 1. The number of nitrogens with two attached hydrogens (primary N) is 1. The van der Waals surface area contributed by atoms with Crippen LogP contribution in [0.5, 0.6) is 0 Å². The van der Waals surface area contributed by atoms with Crippen LogP contribution in [0.15, 0.2) is 47.4 Å². The highest BCUT2D eigenvalue weighted by atomic mass is 16.5. The fraction of sp³-hybridized carbons (Fsp3) is 0.385. The SMILES string of the molecule is CCCC(CC(=O)OCC)n1c(=O)n(C(C)c2c[nH]c3cccc(C)c23)c2cc(N)ccc21. The smallest absolute Gasteiger partial charge is 0.329 e. The number of fused-ring (bicyclic) bond motifs is 2. The maximum Gasteiger partial charge on any atom is 0.329 e. The first-order valence-corrected chi connectivity index (χ1v) is 11.6. The molecule has 4 rings (SSSR count). The van der Waals surface area contributed by atoms with Crippen LogP contribution in [0.3, 0.4) is 0 Å². The van der Waals surface area contributed by atoms with Gasteiger partial charge in [-0.25, -0.2) is 4.79 Å². The van der Waals surface area contributed by atoms with Crippen molar-refractivity contribution in [3.05, 3.63) is 64.2 Å². The molecule has 7 heteroatoms. The maximum absolute atomic E-state index is 13.9. The van der Waals surface area contributed by atoms with E-state index in [4.69, 9.17) is 10.5 Å². The molecule has 0 spiro atoms. The number of nitrogen functional groups attached to an aromatic ring is 1. The average molecular weight is 449 g/mol. The normalized spacial score (nSPS) is 13.5. The molecule has 2 atom stereocenters. The third kappa shape index (κ3) is 4.03. The Morgan fingerprint density at radius 3 is 2.67 bits per heavy atom. The zero-order valence-corrected chi connectivity index (χ0v) is 19.7. The number of anilines is 1. The van der Waals surface area contributed by atoms with E-state index in [1.54, 1.807) is 22.1 Å². The lowest BCUT2D eigenvalue weighted by molar-refractivity contribution is -0.144. The molecule has 0 amide bonds. The van der Waals surface area contributed by atoms with Gasteiger partial charge in [0.25, 0.3) is 0 Å². The van der Waals surface area contributed by atoms with E-state index in [1.807, 2.05) is 37.4 Å². The van der Waals surface area contributed by atoms with Crippen LogP contribution >= 0.6 is 0 Å². The van der Waals surface area contributed by atoms with Crippen LogP contribution in [-0.4, -0.2) is 26.7 Å². The summed E-state index contributed by atoms with van der Waals surface area (Å²) in [6, 6.07) is 11.1. The number of nitrogens with one attached hydrogen (secondary N) is 1. The van der Waals surface area contributed by atoms with Crippen LogP contribution in [0.4, 0.5) is 5.69 Å². The third-order valence-corrected chi connectivity index (χ3v) is 6.41. The van der Waals surface area contributed by atoms with Crippen molar-refractivity contribution in [2.75, 3.05) is 12.3 Å². The number of hydrogen-bond donors (Lipinski definition) is 2. The van der Waals surface area contributed by atoms with Gasteiger partial charge in [0.15, 0.2) is 0 Å². The number of aromatic nitrogens is 3. The Kier molecular flexibility index (Phi) is 6.31. The first-order valence-electron chi connectivity index (χ1n) is 11.6. The van der Waals surface area contributed by atoms with Crippen LogP contribution in [0.2, 0.25) is 0 Å². The van der Waals surface area contributed by atoms with Gasteiger partial charge < -0.3 is 15.5 Å². The van der Waals surface area contributed by atoms with Crippen LogP contribution in [0.1, 0.15) is 63.2 Å². The highest BCUT2D eigenvalue weighted by molar-refractivity contribution is 5.87. The van der Waals surface area contributed by atoms with E-state index in [1.165, 1.54) is 0 Å². The van der Waals surface area contributed by atoms with Crippen molar-refractivity contribution in [3.8, 4) is 0 Å². The number of ether oxygens (including phenoxy) is 1. The van der Waals surface area contributed by atoms with Gasteiger partial charge >= 0.3 is 11.7 Å². The standard InChI is InChI=1S/C26H32N4O3/c1-5-8-19(14-24(31)33-6-2)30-22-12-11-18(27)13-23(22)29(26(30)32)17(4)20-15-28-21-10-7-9-16(3)25(20)21/h7,9-13,15,17,19,28H,5-6,8,14,27H2,1-4H3. The molecule has 0 aliphatic heterocycles. The van der Waals surface area contributed by atoms with Crippen LogP contribution in [0.25, 0.3) is 21.9 Å². The zero-order valence-electron chi connectivity index (χ0n) is 19.7. The lowest BCUT2D eigenvalue weighted by Crippen LogP contribution is -2.30. The second-order valence-electron chi connectivity index (χ2n) is 8.64. The molecule has 0 aliphatic carbocycles. The van der Waals surface area contributed by atoms with Gasteiger partial charge in [0, 0.05) is 34.4 Å². The number of rotatable bonds is 8. The molecular formula is C26H32N4O3. The highest BCUT2D eigenvalue weighted by Crippen LogP contribution is 2.32. The van der Waals surface area contributed by atoms with E-state index < -0.39 is 0 Å². The quantitative estimate of drug-likeness (QED) is 0.290. The summed E-state index contributed by atoms with van der Waals surface area (Å²) in [5.74, 6) is -0.292. The lowest BCUT2D eigenvalue weighted by atomic mass is 10.0. The first kappa shape index (κ1) is 22.7. The summed E-state index contributed by atoms with van der Waals surface area (Å²) in [5, 5.41) is 1.12. The molecule has 4 aromatic rings.